The van der Waals surface area contributed by atoms with Gasteiger partial charge in [0.15, 0.2) is 11.6 Å². The second-order valence-electron chi connectivity index (χ2n) is 8.35. The Kier molecular flexibility index (Phi) is 5.34. The molecule has 0 atom stereocenters. The number of benzene rings is 3. The average molecular weight is 535 g/mol. The number of carbonyl (C=O) groups excluding carboxylic acids is 2. The first-order valence-corrected chi connectivity index (χ1v) is 11.5. The van der Waals surface area contributed by atoms with Crippen molar-refractivity contribution in [1.29, 1.82) is 0 Å². The molecular formula is C26H14ClF3N6O2. The Morgan fingerprint density at radius 1 is 1.03 bits per heavy atom. The summed E-state index contributed by atoms with van der Waals surface area (Å²) in [6.07, 6.45) is -0.801. The molecule has 8 nitrogen and oxygen atoms in total. The van der Waals surface area contributed by atoms with Crippen molar-refractivity contribution in [2.75, 3.05) is 5.32 Å². The number of halogens is 4. The van der Waals surface area contributed by atoms with Crippen LogP contribution in [-0.2, 0) is 11.0 Å². The van der Waals surface area contributed by atoms with Gasteiger partial charge in [0, 0.05) is 39.8 Å². The summed E-state index contributed by atoms with van der Waals surface area (Å²) in [4.78, 5) is 27.3. The molecule has 0 aliphatic carbocycles. The maximum absolute atomic E-state index is 14.3. The molecule has 6 aromatic rings. The molecule has 0 fully saturated rings. The molecule has 0 bridgehead atoms. The maximum Gasteiger partial charge on any atom is 0.434 e. The zero-order chi connectivity index (χ0) is 26.6. The number of hydrogen-bond acceptors (Lipinski definition) is 4. The van der Waals surface area contributed by atoms with Crippen molar-refractivity contribution in [1.82, 2.24) is 24.5 Å². The monoisotopic (exact) mass is 534 g/mol. The minimum atomic E-state index is -4.92. The van der Waals surface area contributed by atoms with Gasteiger partial charge < -0.3 is 10.3 Å². The van der Waals surface area contributed by atoms with Crippen molar-refractivity contribution in [2.45, 2.75) is 6.18 Å². The number of carbonyl (C=O) groups is 1. The van der Waals surface area contributed by atoms with Gasteiger partial charge >= 0.3 is 6.18 Å². The van der Waals surface area contributed by atoms with Crippen LogP contribution in [0.3, 0.4) is 0 Å². The topological polar surface area (TPSA) is 97.6 Å². The van der Waals surface area contributed by atoms with Gasteiger partial charge in [-0.1, -0.05) is 29.8 Å². The van der Waals surface area contributed by atoms with Crippen LogP contribution in [0.25, 0.3) is 33.1 Å². The first-order valence-electron chi connectivity index (χ1n) is 11.1. The third-order valence-corrected chi connectivity index (χ3v) is 6.42. The number of alkyl halides is 3. The molecule has 3 heterocycles. The van der Waals surface area contributed by atoms with Crippen LogP contribution in [0, 0.1) is 0 Å². The van der Waals surface area contributed by atoms with E-state index in [0.29, 0.717) is 32.0 Å². The van der Waals surface area contributed by atoms with Gasteiger partial charge in [-0.3, -0.25) is 4.79 Å². The van der Waals surface area contributed by atoms with E-state index < -0.39 is 23.3 Å². The standard InChI is InChI=1S/C26H14ClF3N6O2/c27-18-11-14(5-7-22(18)35-10-2-9-31-35)33-25(38)17-12-32-36(24(17)26(28,29)30)21-8-6-19-23-15(20(13-37)34-19)3-1-4-16(21)23/h1-12,34H,(H,33,38). The molecule has 0 unspecified atom stereocenters. The molecule has 2 N–H and O–H groups in total. The number of anilines is 1. The lowest BCUT2D eigenvalue weighted by Crippen LogP contribution is -2.21. The van der Waals surface area contributed by atoms with E-state index in [2.05, 4.69) is 20.5 Å². The highest BCUT2D eigenvalue weighted by Gasteiger charge is 2.41. The highest BCUT2D eigenvalue weighted by Crippen LogP contribution is 2.37. The van der Waals surface area contributed by atoms with Gasteiger partial charge in [0.05, 0.1) is 28.2 Å². The van der Waals surface area contributed by atoms with E-state index in [0.717, 1.165) is 6.20 Å². The summed E-state index contributed by atoms with van der Waals surface area (Å²) in [5.41, 5.74) is -0.523. The van der Waals surface area contributed by atoms with Gasteiger partial charge in [-0.25, -0.2) is 14.2 Å². The molecule has 0 aliphatic heterocycles. The van der Waals surface area contributed by atoms with Crippen molar-refractivity contribution in [3.05, 3.63) is 94.8 Å². The highest BCUT2D eigenvalue weighted by atomic mass is 35.5. The molecule has 6 rings (SSSR count). The summed E-state index contributed by atoms with van der Waals surface area (Å²) in [7, 11) is 0. The molecule has 188 valence electrons. The van der Waals surface area contributed by atoms with Crippen molar-refractivity contribution in [3.8, 4) is 11.4 Å². The van der Waals surface area contributed by atoms with Gasteiger partial charge in [-0.05, 0) is 36.4 Å². The van der Waals surface area contributed by atoms with Crippen molar-refractivity contribution in [3.63, 3.8) is 0 Å². The fraction of sp³-hybridized carbons (Fsp3) is 0.0385. The number of amides is 1. The summed E-state index contributed by atoms with van der Waals surface area (Å²) < 4.78 is 45.3. The van der Waals surface area contributed by atoms with Gasteiger partial charge in [-0.2, -0.15) is 23.4 Å². The largest absolute Gasteiger partial charge is 0.434 e. The summed E-state index contributed by atoms with van der Waals surface area (Å²) in [5, 5.41) is 12.4. The minimum Gasteiger partial charge on any atom is -0.345 e. The van der Waals surface area contributed by atoms with Crippen LogP contribution in [0.2, 0.25) is 5.02 Å². The van der Waals surface area contributed by atoms with Gasteiger partial charge in [0.2, 0.25) is 0 Å². The van der Waals surface area contributed by atoms with E-state index in [9.17, 15) is 22.8 Å². The van der Waals surface area contributed by atoms with Crippen LogP contribution in [0.5, 0.6) is 0 Å². The van der Waals surface area contributed by atoms with Crippen LogP contribution in [0.15, 0.2) is 73.2 Å². The average Bonchev–Trinajstić information content (AvgIpc) is 3.64. The molecule has 12 heteroatoms. The lowest BCUT2D eigenvalue weighted by Gasteiger charge is -2.15. The summed E-state index contributed by atoms with van der Waals surface area (Å²) in [6, 6.07) is 14.1. The minimum absolute atomic E-state index is 0.0949. The zero-order valence-corrected chi connectivity index (χ0v) is 19.8. The third kappa shape index (κ3) is 3.73. The number of aromatic nitrogens is 5. The lowest BCUT2D eigenvalue weighted by atomic mass is 10.1. The van der Waals surface area contributed by atoms with Crippen LogP contribution < -0.4 is 10.7 Å². The normalized spacial score (nSPS) is 11.8. The third-order valence-electron chi connectivity index (χ3n) is 6.12. The number of aromatic amines is 1. The zero-order valence-electron chi connectivity index (χ0n) is 19.0. The molecule has 3 aromatic heterocycles. The SMILES string of the molecule is O=C=c1[nH]c2ccc(-n3ncc(C(=O)Nc4ccc(-n5cccn5)c(Cl)c4)c3C(F)(F)F)c3cccc1c23. The van der Waals surface area contributed by atoms with Gasteiger partial charge in [-0.15, -0.1) is 0 Å². The smallest absolute Gasteiger partial charge is 0.345 e. The Hall–Kier alpha value is -4.86. The Labute approximate surface area is 215 Å². The Morgan fingerprint density at radius 3 is 2.53 bits per heavy atom. The Balaban J connectivity index is 1.43. The molecule has 0 spiro atoms. The molecule has 38 heavy (non-hydrogen) atoms. The summed E-state index contributed by atoms with van der Waals surface area (Å²) in [6.45, 7) is 0. The molecule has 3 aromatic carbocycles. The molecule has 1 amide bonds. The van der Waals surface area contributed by atoms with Crippen LogP contribution in [-0.4, -0.2) is 36.4 Å². The first-order chi connectivity index (χ1) is 18.3. The second-order valence-corrected chi connectivity index (χ2v) is 8.76. The molecule has 0 saturated heterocycles. The van der Waals surface area contributed by atoms with Crippen LogP contribution in [0.4, 0.5) is 18.9 Å². The van der Waals surface area contributed by atoms with E-state index in [1.807, 2.05) is 5.94 Å². The number of H-pyrrole nitrogens is 1. The van der Waals surface area contributed by atoms with Crippen LogP contribution >= 0.6 is 11.6 Å². The molecular weight excluding hydrogens is 521 g/mol. The Morgan fingerprint density at radius 2 is 1.82 bits per heavy atom. The number of hydrogen-bond donors (Lipinski definition) is 2. The predicted molar refractivity (Wildman–Crippen MR) is 134 cm³/mol. The van der Waals surface area contributed by atoms with Gasteiger partial charge in [0.1, 0.15) is 5.35 Å². The van der Waals surface area contributed by atoms with E-state index in [1.165, 1.54) is 22.9 Å². The number of rotatable bonds is 4. The van der Waals surface area contributed by atoms with E-state index >= 15 is 0 Å². The maximum atomic E-state index is 14.3. The number of nitrogens with one attached hydrogen (secondary N) is 2. The van der Waals surface area contributed by atoms with Crippen molar-refractivity contribution >= 4 is 50.8 Å². The quantitative estimate of drug-likeness (QED) is 0.338. The lowest BCUT2D eigenvalue weighted by molar-refractivity contribution is -0.143. The van der Waals surface area contributed by atoms with Crippen LogP contribution in [0.1, 0.15) is 16.1 Å². The highest BCUT2D eigenvalue weighted by molar-refractivity contribution is 6.32. The second kappa shape index (κ2) is 8.62. The Bertz CT molecular complexity index is 1940. The van der Waals surface area contributed by atoms with E-state index in [4.69, 9.17) is 11.6 Å². The van der Waals surface area contributed by atoms with Gasteiger partial charge in [0.25, 0.3) is 5.91 Å². The summed E-state index contributed by atoms with van der Waals surface area (Å²) >= 11 is 6.31. The van der Waals surface area contributed by atoms with E-state index in [1.54, 1.807) is 48.8 Å². The van der Waals surface area contributed by atoms with E-state index in [-0.39, 0.29) is 21.7 Å². The molecule has 0 aliphatic rings. The predicted octanol–water partition coefficient (Wildman–Crippen LogP) is 4.84. The summed E-state index contributed by atoms with van der Waals surface area (Å²) in [5.74, 6) is 0.800. The van der Waals surface area contributed by atoms with Crippen molar-refractivity contribution in [2.24, 2.45) is 0 Å². The first kappa shape index (κ1) is 23.5. The fourth-order valence-electron chi connectivity index (χ4n) is 4.52. The molecule has 0 saturated carbocycles. The van der Waals surface area contributed by atoms with Crippen molar-refractivity contribution < 1.29 is 22.8 Å². The fourth-order valence-corrected chi connectivity index (χ4v) is 4.79. The number of nitrogens with zero attached hydrogens (tertiary/aromatic N) is 4. The molecule has 0 radical (unpaired) electrons.